The van der Waals surface area contributed by atoms with Gasteiger partial charge in [-0.15, -0.1) is 0 Å². The minimum absolute atomic E-state index is 0.406. The quantitative estimate of drug-likeness (QED) is 0.610. The Labute approximate surface area is 92.2 Å². The SMILES string of the molecule is C[C@@H](N)C(=O)NC(C(=O)O)c1cnn(C)c1. The molecule has 7 nitrogen and oxygen atoms in total. The predicted molar refractivity (Wildman–Crippen MR) is 55.4 cm³/mol. The molecule has 0 radical (unpaired) electrons. The van der Waals surface area contributed by atoms with Crippen molar-refractivity contribution in [3.05, 3.63) is 18.0 Å². The van der Waals surface area contributed by atoms with Crippen LogP contribution in [0.25, 0.3) is 0 Å². The molecule has 16 heavy (non-hydrogen) atoms. The molecule has 1 rings (SSSR count). The zero-order valence-electron chi connectivity index (χ0n) is 9.04. The van der Waals surface area contributed by atoms with Gasteiger partial charge >= 0.3 is 5.97 Å². The Hall–Kier alpha value is -1.89. The van der Waals surface area contributed by atoms with Gasteiger partial charge in [0.2, 0.25) is 5.91 Å². The number of carboxylic acids is 1. The molecule has 0 aliphatic carbocycles. The van der Waals surface area contributed by atoms with Gasteiger partial charge < -0.3 is 16.2 Å². The van der Waals surface area contributed by atoms with Crippen LogP contribution >= 0.6 is 0 Å². The van der Waals surface area contributed by atoms with Gasteiger partial charge in [-0.25, -0.2) is 4.79 Å². The van der Waals surface area contributed by atoms with Crippen molar-refractivity contribution in [2.24, 2.45) is 12.8 Å². The van der Waals surface area contributed by atoms with Gasteiger partial charge in [-0.1, -0.05) is 0 Å². The van der Waals surface area contributed by atoms with Crippen molar-refractivity contribution in [3.63, 3.8) is 0 Å². The Morgan fingerprint density at radius 3 is 2.62 bits per heavy atom. The third kappa shape index (κ3) is 2.80. The lowest BCUT2D eigenvalue weighted by Crippen LogP contribution is -2.42. The van der Waals surface area contributed by atoms with Crippen LogP contribution in [0.4, 0.5) is 0 Å². The molecule has 88 valence electrons. The highest BCUT2D eigenvalue weighted by atomic mass is 16.4. The highest BCUT2D eigenvalue weighted by Crippen LogP contribution is 2.11. The molecule has 1 aromatic heterocycles. The van der Waals surface area contributed by atoms with E-state index in [9.17, 15) is 9.59 Å². The Bertz CT molecular complexity index is 399. The average Bonchev–Trinajstić information content (AvgIpc) is 2.59. The second-order valence-corrected chi connectivity index (χ2v) is 3.52. The van der Waals surface area contributed by atoms with Crippen LogP contribution in [-0.2, 0) is 16.6 Å². The van der Waals surface area contributed by atoms with E-state index < -0.39 is 24.0 Å². The van der Waals surface area contributed by atoms with Crippen molar-refractivity contribution in [2.45, 2.75) is 19.0 Å². The number of hydrogen-bond donors (Lipinski definition) is 3. The van der Waals surface area contributed by atoms with E-state index in [-0.39, 0.29) is 0 Å². The van der Waals surface area contributed by atoms with Crippen LogP contribution in [0.5, 0.6) is 0 Å². The number of aromatic nitrogens is 2. The van der Waals surface area contributed by atoms with Crippen molar-refractivity contribution < 1.29 is 14.7 Å². The molecule has 1 unspecified atom stereocenters. The molecule has 1 amide bonds. The summed E-state index contributed by atoms with van der Waals surface area (Å²) < 4.78 is 1.46. The highest BCUT2D eigenvalue weighted by molar-refractivity contribution is 5.87. The molecular formula is C9H14N4O3. The number of nitrogens with zero attached hydrogens (tertiary/aromatic N) is 2. The van der Waals surface area contributed by atoms with E-state index in [4.69, 9.17) is 10.8 Å². The summed E-state index contributed by atoms with van der Waals surface area (Å²) in [4.78, 5) is 22.3. The molecule has 0 saturated carbocycles. The number of amides is 1. The minimum Gasteiger partial charge on any atom is -0.479 e. The first kappa shape index (κ1) is 12.2. The van der Waals surface area contributed by atoms with Gasteiger partial charge in [0.1, 0.15) is 0 Å². The summed E-state index contributed by atoms with van der Waals surface area (Å²) >= 11 is 0. The second kappa shape index (κ2) is 4.75. The molecule has 2 atom stereocenters. The van der Waals surface area contributed by atoms with Crippen molar-refractivity contribution in [1.82, 2.24) is 15.1 Å². The first-order valence-corrected chi connectivity index (χ1v) is 4.69. The van der Waals surface area contributed by atoms with Crippen LogP contribution in [0, 0.1) is 0 Å². The van der Waals surface area contributed by atoms with Crippen LogP contribution in [0.2, 0.25) is 0 Å². The fourth-order valence-electron chi connectivity index (χ4n) is 1.15. The normalized spacial score (nSPS) is 14.2. The maximum absolute atomic E-state index is 11.3. The van der Waals surface area contributed by atoms with Gasteiger partial charge in [0, 0.05) is 18.8 Å². The third-order valence-corrected chi connectivity index (χ3v) is 2.01. The Morgan fingerprint density at radius 1 is 1.62 bits per heavy atom. The lowest BCUT2D eigenvalue weighted by molar-refractivity contribution is -0.142. The van der Waals surface area contributed by atoms with Crippen LogP contribution in [-0.4, -0.2) is 32.8 Å². The Kier molecular flexibility index (Phi) is 3.62. The summed E-state index contributed by atoms with van der Waals surface area (Å²) in [6, 6.07) is -1.87. The largest absolute Gasteiger partial charge is 0.479 e. The molecule has 0 saturated heterocycles. The smallest absolute Gasteiger partial charge is 0.331 e. The molecule has 0 aliphatic rings. The second-order valence-electron chi connectivity index (χ2n) is 3.52. The van der Waals surface area contributed by atoms with Crippen molar-refractivity contribution in [3.8, 4) is 0 Å². The van der Waals surface area contributed by atoms with Gasteiger partial charge in [-0.05, 0) is 6.92 Å². The number of carbonyl (C=O) groups is 2. The zero-order valence-corrected chi connectivity index (χ0v) is 9.04. The van der Waals surface area contributed by atoms with Crippen LogP contribution in [0.15, 0.2) is 12.4 Å². The number of aryl methyl sites for hydroxylation is 1. The molecule has 0 aromatic carbocycles. The topological polar surface area (TPSA) is 110 Å². The lowest BCUT2D eigenvalue weighted by Gasteiger charge is -2.14. The molecule has 0 spiro atoms. The third-order valence-electron chi connectivity index (χ3n) is 2.01. The molecular weight excluding hydrogens is 212 g/mol. The molecule has 4 N–H and O–H groups in total. The Balaban J connectivity index is 2.84. The maximum atomic E-state index is 11.3. The molecule has 7 heteroatoms. The van der Waals surface area contributed by atoms with Crippen molar-refractivity contribution in [1.29, 1.82) is 0 Å². The van der Waals surface area contributed by atoms with E-state index in [2.05, 4.69) is 10.4 Å². The van der Waals surface area contributed by atoms with Crippen LogP contribution < -0.4 is 11.1 Å². The average molecular weight is 226 g/mol. The van der Waals surface area contributed by atoms with Crippen molar-refractivity contribution in [2.75, 3.05) is 0 Å². The zero-order chi connectivity index (χ0) is 12.3. The predicted octanol–water partition coefficient (Wildman–Crippen LogP) is -0.991. The van der Waals surface area contributed by atoms with Gasteiger partial charge in [-0.3, -0.25) is 9.48 Å². The minimum atomic E-state index is -1.15. The molecule has 0 aliphatic heterocycles. The summed E-state index contributed by atoms with van der Waals surface area (Å²) in [7, 11) is 1.66. The first-order valence-electron chi connectivity index (χ1n) is 4.69. The van der Waals surface area contributed by atoms with E-state index in [1.807, 2.05) is 0 Å². The van der Waals surface area contributed by atoms with Gasteiger partial charge in [0.25, 0.3) is 0 Å². The summed E-state index contributed by atoms with van der Waals surface area (Å²) in [6.45, 7) is 1.48. The number of rotatable bonds is 4. The molecule has 0 bridgehead atoms. The lowest BCUT2D eigenvalue weighted by atomic mass is 10.1. The summed E-state index contributed by atoms with van der Waals surface area (Å²) in [6.07, 6.45) is 2.92. The van der Waals surface area contributed by atoms with E-state index in [0.29, 0.717) is 5.56 Å². The Morgan fingerprint density at radius 2 is 2.25 bits per heavy atom. The molecule has 1 heterocycles. The van der Waals surface area contributed by atoms with Crippen molar-refractivity contribution >= 4 is 11.9 Å². The number of aliphatic carboxylic acids is 1. The standard InChI is InChI=1S/C9H14N4O3/c1-5(10)8(14)12-7(9(15)16)6-3-11-13(2)4-6/h3-5,7H,10H2,1-2H3,(H,12,14)(H,15,16)/t5-,7?/m1/s1. The van der Waals surface area contributed by atoms with Crippen LogP contribution in [0.1, 0.15) is 18.5 Å². The number of carbonyl (C=O) groups excluding carboxylic acids is 1. The maximum Gasteiger partial charge on any atom is 0.331 e. The highest BCUT2D eigenvalue weighted by Gasteiger charge is 2.24. The van der Waals surface area contributed by atoms with Gasteiger partial charge in [0.15, 0.2) is 6.04 Å². The fourth-order valence-corrected chi connectivity index (χ4v) is 1.15. The summed E-state index contributed by atoms with van der Waals surface area (Å²) in [5.41, 5.74) is 5.75. The number of hydrogen-bond acceptors (Lipinski definition) is 4. The molecule has 0 fully saturated rings. The van der Waals surface area contributed by atoms with Crippen LogP contribution in [0.3, 0.4) is 0 Å². The number of nitrogens with two attached hydrogens (primary N) is 1. The number of nitrogens with one attached hydrogen (secondary N) is 1. The van der Waals surface area contributed by atoms with E-state index in [1.165, 1.54) is 24.0 Å². The summed E-state index contributed by atoms with van der Waals surface area (Å²) in [5.74, 6) is -1.67. The first-order chi connectivity index (χ1) is 7.41. The van der Waals surface area contributed by atoms with E-state index in [0.717, 1.165) is 0 Å². The van der Waals surface area contributed by atoms with Gasteiger partial charge in [-0.2, -0.15) is 5.10 Å². The fraction of sp³-hybridized carbons (Fsp3) is 0.444. The van der Waals surface area contributed by atoms with E-state index in [1.54, 1.807) is 7.05 Å². The number of carboxylic acid groups (broad SMARTS) is 1. The van der Waals surface area contributed by atoms with E-state index >= 15 is 0 Å². The van der Waals surface area contributed by atoms with Gasteiger partial charge in [0.05, 0.1) is 12.2 Å². The summed E-state index contributed by atoms with van der Waals surface area (Å²) in [5, 5.41) is 15.1. The molecule has 1 aromatic rings. The monoisotopic (exact) mass is 226 g/mol.